The quantitative estimate of drug-likeness (QED) is 0.286. The molecule has 0 rings (SSSR count). The van der Waals surface area contributed by atoms with E-state index in [4.69, 9.17) is 15.1 Å². The Balaban J connectivity index is -0.0000000450. The molecule has 0 aromatic rings. The van der Waals surface area contributed by atoms with Gasteiger partial charge in [-0.3, -0.25) is 0 Å². The topological polar surface area (TPSA) is 60.7 Å². The maximum absolute atomic E-state index is 7.17. The Morgan fingerprint density at radius 3 is 1.00 bits per heavy atom. The fourth-order valence-electron chi connectivity index (χ4n) is 0. The molecule has 0 fully saturated rings. The van der Waals surface area contributed by atoms with E-state index in [2.05, 4.69) is 0 Å². The van der Waals surface area contributed by atoms with Crippen LogP contribution in [0, 0.1) is 0 Å². The Morgan fingerprint density at radius 1 is 1.00 bits per heavy atom. The van der Waals surface area contributed by atoms with Crippen LogP contribution in [0.25, 0.3) is 0 Å². The first-order chi connectivity index (χ1) is 1.73. The SMILES string of the molecule is OB(O)O.[Li].[Si]. The van der Waals surface area contributed by atoms with Crippen molar-refractivity contribution in [1.29, 1.82) is 0 Å². The molecule has 0 spiro atoms. The van der Waals surface area contributed by atoms with Crippen molar-refractivity contribution in [3.63, 3.8) is 0 Å². The molecule has 5 radical (unpaired) electrons. The summed E-state index contributed by atoms with van der Waals surface area (Å²) in [5, 5.41) is 21.5. The molecular weight excluding hydrogens is 93.8 g/mol. The van der Waals surface area contributed by atoms with Crippen LogP contribution in [0.1, 0.15) is 0 Å². The summed E-state index contributed by atoms with van der Waals surface area (Å²) < 4.78 is 0. The minimum atomic E-state index is -2.17. The first-order valence-corrected chi connectivity index (χ1v) is 0.775. The summed E-state index contributed by atoms with van der Waals surface area (Å²) in [7, 11) is -2.17. The predicted molar refractivity (Wildman–Crippen MR) is 23.9 cm³/mol. The van der Waals surface area contributed by atoms with Gasteiger partial charge in [-0.1, -0.05) is 0 Å². The molecule has 3 N–H and O–H groups in total. The summed E-state index contributed by atoms with van der Waals surface area (Å²) in [4.78, 5) is 0. The molecule has 6 heavy (non-hydrogen) atoms. The Morgan fingerprint density at radius 2 is 1.00 bits per heavy atom. The first kappa shape index (κ1) is 15.9. The fourth-order valence-corrected chi connectivity index (χ4v) is 0. The third-order valence-corrected chi connectivity index (χ3v) is 0. The second-order valence-corrected chi connectivity index (χ2v) is 0.346. The predicted octanol–water partition coefficient (Wildman–Crippen LogP) is -2.81. The molecule has 0 aliphatic carbocycles. The molecule has 0 aromatic heterocycles. The zero-order chi connectivity index (χ0) is 3.58. The maximum Gasteiger partial charge on any atom is 0.631 e. The zero-order valence-electron chi connectivity index (χ0n) is 3.42. The standard InChI is InChI=1S/BH3O3.Li.Si/c2-1(3)4;;/h2-4H;;. The van der Waals surface area contributed by atoms with Crippen LogP contribution in [-0.2, 0) is 0 Å². The van der Waals surface area contributed by atoms with E-state index in [0.29, 0.717) is 0 Å². The Bertz CT molecular complexity index is 15.5. The molecule has 3 nitrogen and oxygen atoms in total. The smallest absolute Gasteiger partial charge is 0.402 e. The number of hydrogen-bond donors (Lipinski definition) is 3. The van der Waals surface area contributed by atoms with Crippen LogP contribution < -0.4 is 0 Å². The van der Waals surface area contributed by atoms with Crippen molar-refractivity contribution < 1.29 is 15.1 Å². The summed E-state index contributed by atoms with van der Waals surface area (Å²) in [6, 6.07) is 0. The van der Waals surface area contributed by atoms with Crippen molar-refractivity contribution in [1.82, 2.24) is 0 Å². The van der Waals surface area contributed by atoms with Crippen LogP contribution in [0.5, 0.6) is 0 Å². The van der Waals surface area contributed by atoms with Gasteiger partial charge in [0.25, 0.3) is 0 Å². The molecule has 0 saturated carbocycles. The van der Waals surface area contributed by atoms with E-state index >= 15 is 0 Å². The molecular formula is H3BLiO3Si. The summed E-state index contributed by atoms with van der Waals surface area (Å²) in [5.74, 6) is 0. The van der Waals surface area contributed by atoms with Crippen molar-refractivity contribution in [3.05, 3.63) is 0 Å². The van der Waals surface area contributed by atoms with Gasteiger partial charge in [-0.2, -0.15) is 0 Å². The summed E-state index contributed by atoms with van der Waals surface area (Å²) in [6.45, 7) is 0. The number of hydrogen-bond acceptors (Lipinski definition) is 3. The average molecular weight is 96.9 g/mol. The van der Waals surface area contributed by atoms with Crippen LogP contribution >= 0.6 is 0 Å². The van der Waals surface area contributed by atoms with Crippen LogP contribution in [-0.4, -0.2) is 52.2 Å². The molecule has 29 valence electrons. The molecule has 6 heteroatoms. The van der Waals surface area contributed by atoms with Gasteiger partial charge in [0.15, 0.2) is 0 Å². The summed E-state index contributed by atoms with van der Waals surface area (Å²) in [5.41, 5.74) is 0. The molecule has 0 unspecified atom stereocenters. The summed E-state index contributed by atoms with van der Waals surface area (Å²) in [6.07, 6.45) is 0. The van der Waals surface area contributed by atoms with E-state index < -0.39 is 7.32 Å². The molecule has 0 aliphatic rings. The van der Waals surface area contributed by atoms with Crippen molar-refractivity contribution in [2.24, 2.45) is 0 Å². The van der Waals surface area contributed by atoms with Gasteiger partial charge in [0, 0.05) is 29.8 Å². The van der Waals surface area contributed by atoms with Gasteiger partial charge >= 0.3 is 7.32 Å². The van der Waals surface area contributed by atoms with Gasteiger partial charge in [0.2, 0.25) is 0 Å². The van der Waals surface area contributed by atoms with Gasteiger partial charge in [0.05, 0.1) is 0 Å². The largest absolute Gasteiger partial charge is 0.631 e. The molecule has 0 bridgehead atoms. The van der Waals surface area contributed by atoms with Gasteiger partial charge < -0.3 is 15.1 Å². The van der Waals surface area contributed by atoms with Crippen LogP contribution in [0.2, 0.25) is 0 Å². The molecule has 0 heterocycles. The van der Waals surface area contributed by atoms with E-state index in [1.165, 1.54) is 0 Å². The third-order valence-electron chi connectivity index (χ3n) is 0. The Kier molecular flexibility index (Phi) is 24.4. The van der Waals surface area contributed by atoms with Gasteiger partial charge in [-0.05, 0) is 0 Å². The van der Waals surface area contributed by atoms with Crippen molar-refractivity contribution in [3.8, 4) is 0 Å². The molecule has 0 saturated heterocycles. The van der Waals surface area contributed by atoms with Gasteiger partial charge in [-0.25, -0.2) is 0 Å². The Hall–Kier alpha value is 0.759. The van der Waals surface area contributed by atoms with Crippen molar-refractivity contribution in [2.45, 2.75) is 0 Å². The minimum Gasteiger partial charge on any atom is -0.402 e. The van der Waals surface area contributed by atoms with Crippen LogP contribution in [0.4, 0.5) is 0 Å². The zero-order valence-corrected chi connectivity index (χ0v) is 4.42. The molecule has 0 amide bonds. The van der Waals surface area contributed by atoms with Crippen molar-refractivity contribution >= 4 is 37.1 Å². The average Bonchev–Trinajstić information content (AvgIpc) is 0.811. The van der Waals surface area contributed by atoms with E-state index in [1.807, 2.05) is 0 Å². The summed E-state index contributed by atoms with van der Waals surface area (Å²) >= 11 is 0. The van der Waals surface area contributed by atoms with Crippen molar-refractivity contribution in [2.75, 3.05) is 0 Å². The number of rotatable bonds is 0. The third kappa shape index (κ3) is 117. The van der Waals surface area contributed by atoms with E-state index in [-0.39, 0.29) is 29.8 Å². The monoisotopic (exact) mass is 97.0 g/mol. The normalized spacial score (nSPS) is 4.50. The minimum absolute atomic E-state index is 0. The van der Waals surface area contributed by atoms with E-state index in [9.17, 15) is 0 Å². The first-order valence-electron chi connectivity index (χ1n) is 0.775. The molecule has 0 aliphatic heterocycles. The van der Waals surface area contributed by atoms with E-state index in [0.717, 1.165) is 0 Å². The Labute approximate surface area is 52.8 Å². The van der Waals surface area contributed by atoms with Gasteiger partial charge in [-0.15, -0.1) is 0 Å². The second-order valence-electron chi connectivity index (χ2n) is 0.346. The second kappa shape index (κ2) is 9.23. The molecule has 0 aromatic carbocycles. The van der Waals surface area contributed by atoms with Crippen LogP contribution in [0.3, 0.4) is 0 Å². The van der Waals surface area contributed by atoms with Crippen LogP contribution in [0.15, 0.2) is 0 Å². The van der Waals surface area contributed by atoms with E-state index in [1.54, 1.807) is 0 Å². The fraction of sp³-hybridized carbons (Fsp3) is 0. The maximum atomic E-state index is 7.17. The molecule has 0 atom stereocenters. The van der Waals surface area contributed by atoms with Gasteiger partial charge in [0.1, 0.15) is 0 Å².